The fraction of sp³-hybridized carbons (Fsp3) is 0.276. The van der Waals surface area contributed by atoms with Crippen LogP contribution in [0.2, 0.25) is 0 Å². The van der Waals surface area contributed by atoms with Crippen LogP contribution in [0.4, 0.5) is 0 Å². The molecule has 0 saturated carbocycles. The summed E-state index contributed by atoms with van der Waals surface area (Å²) in [7, 11) is 1.60. The summed E-state index contributed by atoms with van der Waals surface area (Å²) >= 11 is 0. The Hall–Kier alpha value is -3.93. The van der Waals surface area contributed by atoms with Gasteiger partial charge in [-0.25, -0.2) is 4.98 Å². The number of benzene rings is 3. The van der Waals surface area contributed by atoms with Crippen LogP contribution >= 0.6 is 0 Å². The number of amides is 1. The van der Waals surface area contributed by atoms with Crippen molar-refractivity contribution in [2.24, 2.45) is 0 Å². The van der Waals surface area contributed by atoms with E-state index in [1.54, 1.807) is 42.0 Å². The number of carbonyl (C=O) groups excluding carboxylic acids is 1. The molecule has 1 atom stereocenters. The van der Waals surface area contributed by atoms with Gasteiger partial charge < -0.3 is 9.64 Å². The number of ether oxygens (including phenoxy) is 1. The smallest absolute Gasteiger partial charge is 0.266 e. The van der Waals surface area contributed by atoms with Gasteiger partial charge in [0, 0.05) is 12.1 Å². The van der Waals surface area contributed by atoms with Crippen molar-refractivity contribution in [3.05, 3.63) is 100 Å². The molecule has 6 heteroatoms. The van der Waals surface area contributed by atoms with Gasteiger partial charge in [-0.15, -0.1) is 0 Å². The lowest BCUT2D eigenvalue weighted by Crippen LogP contribution is -2.38. The van der Waals surface area contributed by atoms with Gasteiger partial charge in [0.15, 0.2) is 0 Å². The first-order valence-corrected chi connectivity index (χ1v) is 12.0. The van der Waals surface area contributed by atoms with Crippen LogP contribution in [0, 0.1) is 6.92 Å². The molecule has 1 amide bonds. The number of methoxy groups -OCH3 is 1. The molecule has 0 bridgehead atoms. The van der Waals surface area contributed by atoms with E-state index >= 15 is 0 Å². The van der Waals surface area contributed by atoms with Crippen molar-refractivity contribution in [2.45, 2.75) is 39.7 Å². The maximum absolute atomic E-state index is 13.8. The molecule has 0 aliphatic rings. The molecule has 3 aromatic carbocycles. The Morgan fingerprint density at radius 2 is 1.71 bits per heavy atom. The van der Waals surface area contributed by atoms with Crippen molar-refractivity contribution >= 4 is 16.8 Å². The SMILES string of the molecule is CCCCN(C(=O)c1ccc(OC)cc1)C(C)c1nc2ccccc2c(=O)n1-c1ccccc1C. The number of fused-ring (bicyclic) bond motifs is 1. The second kappa shape index (κ2) is 10.6. The number of nitrogens with zero attached hydrogens (tertiary/aromatic N) is 3. The van der Waals surface area contributed by atoms with Gasteiger partial charge in [-0.2, -0.15) is 0 Å². The van der Waals surface area contributed by atoms with E-state index in [1.165, 1.54) is 0 Å². The van der Waals surface area contributed by atoms with Crippen LogP contribution in [0.15, 0.2) is 77.6 Å². The second-order valence-electron chi connectivity index (χ2n) is 8.67. The number of aryl methyl sites for hydroxylation is 1. The number of hydrogen-bond acceptors (Lipinski definition) is 4. The molecule has 0 aliphatic carbocycles. The first-order chi connectivity index (χ1) is 17.0. The molecular weight excluding hydrogens is 438 g/mol. The monoisotopic (exact) mass is 469 g/mol. The summed E-state index contributed by atoms with van der Waals surface area (Å²) in [6.07, 6.45) is 1.78. The van der Waals surface area contributed by atoms with Gasteiger partial charge in [-0.1, -0.05) is 43.7 Å². The fourth-order valence-electron chi connectivity index (χ4n) is 4.32. The number of aromatic nitrogens is 2. The highest BCUT2D eigenvalue weighted by Gasteiger charge is 2.27. The third kappa shape index (κ3) is 4.83. The Morgan fingerprint density at radius 1 is 1.03 bits per heavy atom. The van der Waals surface area contributed by atoms with Gasteiger partial charge in [0.25, 0.3) is 11.5 Å². The van der Waals surface area contributed by atoms with Crippen molar-refractivity contribution in [1.82, 2.24) is 14.5 Å². The van der Waals surface area contributed by atoms with E-state index in [2.05, 4.69) is 6.92 Å². The van der Waals surface area contributed by atoms with Crippen molar-refractivity contribution in [3.63, 3.8) is 0 Å². The number of para-hydroxylation sites is 2. The summed E-state index contributed by atoms with van der Waals surface area (Å²) < 4.78 is 6.92. The Bertz CT molecular complexity index is 1390. The minimum atomic E-state index is -0.437. The topological polar surface area (TPSA) is 64.4 Å². The Labute approximate surface area is 205 Å². The predicted octanol–water partition coefficient (Wildman–Crippen LogP) is 5.71. The highest BCUT2D eigenvalue weighted by molar-refractivity contribution is 5.94. The second-order valence-corrected chi connectivity index (χ2v) is 8.67. The van der Waals surface area contributed by atoms with E-state index in [0.717, 1.165) is 24.1 Å². The normalized spacial score (nSPS) is 11.9. The molecule has 35 heavy (non-hydrogen) atoms. The van der Waals surface area contributed by atoms with Crippen molar-refractivity contribution < 1.29 is 9.53 Å². The summed E-state index contributed by atoms with van der Waals surface area (Å²) in [6, 6.07) is 21.8. The number of unbranched alkanes of at least 4 members (excludes halogenated alkanes) is 1. The molecule has 0 radical (unpaired) electrons. The minimum absolute atomic E-state index is 0.104. The van der Waals surface area contributed by atoms with Crippen molar-refractivity contribution in [3.8, 4) is 11.4 Å². The van der Waals surface area contributed by atoms with Crippen LogP contribution in [0.5, 0.6) is 5.75 Å². The molecule has 1 heterocycles. The first-order valence-electron chi connectivity index (χ1n) is 12.0. The maximum Gasteiger partial charge on any atom is 0.266 e. The van der Waals surface area contributed by atoms with Crippen LogP contribution in [-0.2, 0) is 0 Å². The lowest BCUT2D eigenvalue weighted by atomic mass is 10.1. The van der Waals surface area contributed by atoms with E-state index in [4.69, 9.17) is 9.72 Å². The summed E-state index contributed by atoms with van der Waals surface area (Å²) in [5.74, 6) is 1.13. The van der Waals surface area contributed by atoms with Crippen LogP contribution in [0.3, 0.4) is 0 Å². The number of rotatable bonds is 8. The van der Waals surface area contributed by atoms with Gasteiger partial charge in [0.05, 0.1) is 29.7 Å². The lowest BCUT2D eigenvalue weighted by Gasteiger charge is -2.31. The van der Waals surface area contributed by atoms with Gasteiger partial charge in [0.1, 0.15) is 11.6 Å². The van der Waals surface area contributed by atoms with Gasteiger partial charge in [-0.3, -0.25) is 14.2 Å². The Kier molecular flexibility index (Phi) is 7.30. The van der Waals surface area contributed by atoms with Crippen molar-refractivity contribution in [2.75, 3.05) is 13.7 Å². The molecule has 0 fully saturated rings. The summed E-state index contributed by atoms with van der Waals surface area (Å²) in [5, 5.41) is 0.549. The molecule has 0 spiro atoms. The average molecular weight is 470 g/mol. The standard InChI is InChI=1S/C29H31N3O3/c1-5-6-19-31(28(33)22-15-17-23(35-4)18-16-22)21(3)27-30-25-13-9-8-12-24(25)29(34)32(27)26-14-10-7-11-20(26)2/h7-18,21H,5-6,19H2,1-4H3. The van der Waals surface area contributed by atoms with E-state index < -0.39 is 6.04 Å². The van der Waals surface area contributed by atoms with Gasteiger partial charge in [0.2, 0.25) is 0 Å². The molecule has 0 aliphatic heterocycles. The lowest BCUT2D eigenvalue weighted by molar-refractivity contribution is 0.0678. The quantitative estimate of drug-likeness (QED) is 0.332. The molecule has 1 unspecified atom stereocenters. The zero-order valence-electron chi connectivity index (χ0n) is 20.7. The molecule has 0 saturated heterocycles. The number of hydrogen-bond donors (Lipinski definition) is 0. The zero-order chi connectivity index (χ0) is 24.9. The molecule has 180 valence electrons. The van der Waals surface area contributed by atoms with Gasteiger partial charge in [-0.05, 0) is 68.3 Å². The van der Waals surface area contributed by atoms with E-state index in [9.17, 15) is 9.59 Å². The minimum Gasteiger partial charge on any atom is -0.497 e. The third-order valence-electron chi connectivity index (χ3n) is 6.35. The van der Waals surface area contributed by atoms with Crippen LogP contribution in [-0.4, -0.2) is 34.0 Å². The fourth-order valence-corrected chi connectivity index (χ4v) is 4.32. The summed E-state index contributed by atoms with van der Waals surface area (Å²) in [4.78, 5) is 34.2. The van der Waals surface area contributed by atoms with E-state index in [0.29, 0.717) is 34.6 Å². The maximum atomic E-state index is 13.8. The van der Waals surface area contributed by atoms with E-state index in [1.807, 2.05) is 61.2 Å². The zero-order valence-corrected chi connectivity index (χ0v) is 20.7. The van der Waals surface area contributed by atoms with Gasteiger partial charge >= 0.3 is 0 Å². The Balaban J connectivity index is 1.89. The van der Waals surface area contributed by atoms with E-state index in [-0.39, 0.29) is 11.5 Å². The van der Waals surface area contributed by atoms with Crippen LogP contribution in [0.1, 0.15) is 54.5 Å². The average Bonchev–Trinajstić information content (AvgIpc) is 2.89. The van der Waals surface area contributed by atoms with Crippen molar-refractivity contribution in [1.29, 1.82) is 0 Å². The largest absolute Gasteiger partial charge is 0.497 e. The molecule has 4 rings (SSSR count). The molecule has 6 nitrogen and oxygen atoms in total. The molecule has 0 N–H and O–H groups in total. The predicted molar refractivity (Wildman–Crippen MR) is 139 cm³/mol. The molecule has 4 aromatic rings. The van der Waals surface area contributed by atoms with Crippen LogP contribution in [0.25, 0.3) is 16.6 Å². The highest BCUT2D eigenvalue weighted by Crippen LogP contribution is 2.26. The highest BCUT2D eigenvalue weighted by atomic mass is 16.5. The number of carbonyl (C=O) groups is 1. The molecular formula is C29H31N3O3. The van der Waals surface area contributed by atoms with Crippen LogP contribution < -0.4 is 10.3 Å². The summed E-state index contributed by atoms with van der Waals surface area (Å²) in [6.45, 7) is 6.57. The summed E-state index contributed by atoms with van der Waals surface area (Å²) in [5.41, 5.74) is 2.78. The molecule has 1 aromatic heterocycles. The Morgan fingerprint density at radius 3 is 2.40 bits per heavy atom. The third-order valence-corrected chi connectivity index (χ3v) is 6.35. The first kappa shape index (κ1) is 24.2.